The van der Waals surface area contributed by atoms with Crippen molar-refractivity contribution in [2.24, 2.45) is 0 Å². The number of anilines is 1. The van der Waals surface area contributed by atoms with Crippen LogP contribution in [0.4, 0.5) is 18.9 Å². The van der Waals surface area contributed by atoms with E-state index in [0.29, 0.717) is 10.7 Å². The SMILES string of the molecule is O=C(O)Cc1csc(CC(=O)Nc2ccccc2C(F)(F)F)n1. The zero-order chi connectivity index (χ0) is 17.0. The highest BCUT2D eigenvalue weighted by molar-refractivity contribution is 7.09. The lowest BCUT2D eigenvalue weighted by Gasteiger charge is -2.13. The summed E-state index contributed by atoms with van der Waals surface area (Å²) in [5, 5.41) is 12.7. The molecular weight excluding hydrogens is 333 g/mol. The number of hydrogen-bond acceptors (Lipinski definition) is 4. The summed E-state index contributed by atoms with van der Waals surface area (Å²) in [6.45, 7) is 0. The van der Waals surface area contributed by atoms with E-state index >= 15 is 0 Å². The van der Waals surface area contributed by atoms with Crippen molar-refractivity contribution in [3.63, 3.8) is 0 Å². The fraction of sp³-hybridized carbons (Fsp3) is 0.214. The first-order valence-corrected chi connectivity index (χ1v) is 7.25. The van der Waals surface area contributed by atoms with E-state index < -0.39 is 23.6 Å². The highest BCUT2D eigenvalue weighted by Crippen LogP contribution is 2.34. The summed E-state index contributed by atoms with van der Waals surface area (Å²) in [6, 6.07) is 4.67. The quantitative estimate of drug-likeness (QED) is 0.874. The molecule has 9 heteroatoms. The molecule has 2 N–H and O–H groups in total. The van der Waals surface area contributed by atoms with Gasteiger partial charge in [0, 0.05) is 5.38 Å². The molecule has 2 rings (SSSR count). The molecule has 0 aliphatic rings. The van der Waals surface area contributed by atoms with E-state index in [9.17, 15) is 22.8 Å². The van der Waals surface area contributed by atoms with Gasteiger partial charge in [-0.2, -0.15) is 13.2 Å². The van der Waals surface area contributed by atoms with E-state index in [1.54, 1.807) is 0 Å². The van der Waals surface area contributed by atoms with Gasteiger partial charge in [0.15, 0.2) is 0 Å². The third-order valence-corrected chi connectivity index (χ3v) is 3.65. The number of aromatic nitrogens is 1. The third-order valence-electron chi connectivity index (χ3n) is 2.75. The Labute approximate surface area is 132 Å². The van der Waals surface area contributed by atoms with Gasteiger partial charge in [-0.25, -0.2) is 4.98 Å². The lowest BCUT2D eigenvalue weighted by Crippen LogP contribution is -2.18. The molecule has 0 bridgehead atoms. The summed E-state index contributed by atoms with van der Waals surface area (Å²) in [5.41, 5.74) is -0.952. The number of benzene rings is 1. The van der Waals surface area contributed by atoms with Crippen LogP contribution < -0.4 is 5.32 Å². The molecule has 0 saturated heterocycles. The second-order valence-corrected chi connectivity index (χ2v) is 5.51. The average molecular weight is 344 g/mol. The number of carbonyl (C=O) groups excluding carboxylic acids is 1. The van der Waals surface area contributed by atoms with E-state index in [1.165, 1.54) is 23.6 Å². The first kappa shape index (κ1) is 16.9. The number of carboxylic acid groups (broad SMARTS) is 1. The maximum absolute atomic E-state index is 12.8. The van der Waals surface area contributed by atoms with Crippen LogP contribution in [0.5, 0.6) is 0 Å². The fourth-order valence-electron chi connectivity index (χ4n) is 1.84. The van der Waals surface area contributed by atoms with Gasteiger partial charge in [0.2, 0.25) is 5.91 Å². The number of carboxylic acids is 1. The molecule has 23 heavy (non-hydrogen) atoms. The molecule has 0 unspecified atom stereocenters. The number of alkyl halides is 3. The van der Waals surface area contributed by atoms with Crippen LogP contribution in [-0.4, -0.2) is 22.0 Å². The molecule has 0 saturated carbocycles. The Morgan fingerprint density at radius 1 is 1.22 bits per heavy atom. The van der Waals surface area contributed by atoms with Crippen molar-refractivity contribution in [1.29, 1.82) is 0 Å². The molecule has 0 aliphatic heterocycles. The maximum Gasteiger partial charge on any atom is 0.418 e. The van der Waals surface area contributed by atoms with Crippen molar-refractivity contribution in [2.75, 3.05) is 5.32 Å². The normalized spacial score (nSPS) is 11.3. The molecule has 1 aromatic carbocycles. The summed E-state index contributed by atoms with van der Waals surface area (Å²) in [4.78, 5) is 26.4. The molecule has 0 fully saturated rings. The van der Waals surface area contributed by atoms with Crippen LogP contribution >= 0.6 is 11.3 Å². The molecule has 0 spiro atoms. The van der Waals surface area contributed by atoms with Gasteiger partial charge < -0.3 is 10.4 Å². The summed E-state index contributed by atoms with van der Waals surface area (Å²) in [6.07, 6.45) is -5.06. The minimum absolute atomic E-state index is 0.226. The predicted molar refractivity (Wildman–Crippen MR) is 77.2 cm³/mol. The third kappa shape index (κ3) is 4.78. The number of para-hydroxylation sites is 1. The van der Waals surface area contributed by atoms with Gasteiger partial charge in [0.05, 0.1) is 29.8 Å². The average Bonchev–Trinajstić information content (AvgIpc) is 2.84. The highest BCUT2D eigenvalue weighted by Gasteiger charge is 2.33. The van der Waals surface area contributed by atoms with Crippen LogP contribution in [-0.2, 0) is 28.6 Å². The molecule has 5 nitrogen and oxygen atoms in total. The van der Waals surface area contributed by atoms with Gasteiger partial charge in [-0.15, -0.1) is 11.3 Å². The van der Waals surface area contributed by atoms with Crippen molar-refractivity contribution in [1.82, 2.24) is 4.98 Å². The number of hydrogen-bond donors (Lipinski definition) is 2. The van der Waals surface area contributed by atoms with E-state index in [-0.39, 0.29) is 18.5 Å². The molecule has 1 amide bonds. The molecule has 1 aromatic heterocycles. The van der Waals surface area contributed by atoms with Crippen LogP contribution in [0.2, 0.25) is 0 Å². The van der Waals surface area contributed by atoms with Gasteiger partial charge in [0.25, 0.3) is 0 Å². The minimum Gasteiger partial charge on any atom is -0.481 e. The van der Waals surface area contributed by atoms with Crippen LogP contribution in [0.25, 0.3) is 0 Å². The van der Waals surface area contributed by atoms with Crippen LogP contribution in [0, 0.1) is 0 Å². The second-order valence-electron chi connectivity index (χ2n) is 4.57. The molecule has 122 valence electrons. The first-order valence-electron chi connectivity index (χ1n) is 6.37. The molecule has 1 heterocycles. The number of halogens is 3. The molecule has 0 radical (unpaired) electrons. The Kier molecular flexibility index (Phi) is 4.99. The smallest absolute Gasteiger partial charge is 0.418 e. The van der Waals surface area contributed by atoms with Crippen LogP contribution in [0.3, 0.4) is 0 Å². The van der Waals surface area contributed by atoms with Crippen molar-refractivity contribution in [3.05, 3.63) is 45.9 Å². The van der Waals surface area contributed by atoms with E-state index in [2.05, 4.69) is 10.3 Å². The van der Waals surface area contributed by atoms with Gasteiger partial charge in [-0.05, 0) is 12.1 Å². The lowest BCUT2D eigenvalue weighted by atomic mass is 10.1. The van der Waals surface area contributed by atoms with E-state index in [4.69, 9.17) is 5.11 Å². The van der Waals surface area contributed by atoms with Gasteiger partial charge in [-0.3, -0.25) is 9.59 Å². The van der Waals surface area contributed by atoms with Gasteiger partial charge >= 0.3 is 12.1 Å². The maximum atomic E-state index is 12.8. The standard InChI is InChI=1S/C14H11F3N2O3S/c15-14(16,17)9-3-1-2-4-10(9)19-11(20)6-12-18-8(7-23-12)5-13(21)22/h1-4,7H,5-6H2,(H,19,20)(H,21,22). The van der Waals surface area contributed by atoms with Crippen LogP contribution in [0.1, 0.15) is 16.3 Å². The molecule has 0 atom stereocenters. The number of thiazole rings is 1. The topological polar surface area (TPSA) is 79.3 Å². The molecule has 0 aliphatic carbocycles. The number of aliphatic carboxylic acids is 1. The molecular formula is C14H11F3N2O3S. The van der Waals surface area contributed by atoms with Crippen LogP contribution in [0.15, 0.2) is 29.6 Å². The Balaban J connectivity index is 2.06. The summed E-state index contributed by atoms with van der Waals surface area (Å²) in [7, 11) is 0. The predicted octanol–water partition coefficient (Wildman–Crippen LogP) is 2.97. The van der Waals surface area contributed by atoms with Crippen molar-refractivity contribution >= 4 is 28.9 Å². The first-order chi connectivity index (χ1) is 10.8. The zero-order valence-electron chi connectivity index (χ0n) is 11.6. The Morgan fingerprint density at radius 3 is 2.57 bits per heavy atom. The fourth-order valence-corrected chi connectivity index (χ4v) is 2.63. The van der Waals surface area contributed by atoms with Gasteiger partial charge in [0.1, 0.15) is 5.01 Å². The van der Waals surface area contributed by atoms with Crippen molar-refractivity contribution < 1.29 is 27.9 Å². The molecule has 2 aromatic rings. The minimum atomic E-state index is -4.57. The Bertz CT molecular complexity index is 728. The zero-order valence-corrected chi connectivity index (χ0v) is 12.4. The van der Waals surface area contributed by atoms with Crippen molar-refractivity contribution in [2.45, 2.75) is 19.0 Å². The second kappa shape index (κ2) is 6.78. The number of carbonyl (C=O) groups is 2. The van der Waals surface area contributed by atoms with Crippen molar-refractivity contribution in [3.8, 4) is 0 Å². The Hall–Kier alpha value is -2.42. The number of nitrogens with zero attached hydrogens (tertiary/aromatic N) is 1. The lowest BCUT2D eigenvalue weighted by molar-refractivity contribution is -0.137. The Morgan fingerprint density at radius 2 is 1.91 bits per heavy atom. The number of rotatable bonds is 5. The monoisotopic (exact) mass is 344 g/mol. The van der Waals surface area contributed by atoms with E-state index in [1.807, 2.05) is 0 Å². The number of nitrogens with one attached hydrogen (secondary N) is 1. The van der Waals surface area contributed by atoms with E-state index in [0.717, 1.165) is 17.4 Å². The summed E-state index contributed by atoms with van der Waals surface area (Å²) < 4.78 is 38.5. The largest absolute Gasteiger partial charge is 0.481 e. The summed E-state index contributed by atoms with van der Waals surface area (Å²) >= 11 is 1.08. The number of amides is 1. The summed E-state index contributed by atoms with van der Waals surface area (Å²) in [5.74, 6) is -1.71. The highest BCUT2D eigenvalue weighted by atomic mass is 32.1. The van der Waals surface area contributed by atoms with Gasteiger partial charge in [-0.1, -0.05) is 12.1 Å².